The Morgan fingerprint density at radius 3 is 2.41 bits per heavy atom. The van der Waals surface area contributed by atoms with Crippen molar-refractivity contribution < 1.29 is 18.7 Å². The van der Waals surface area contributed by atoms with E-state index in [1.807, 2.05) is 61.5 Å². The predicted molar refractivity (Wildman–Crippen MR) is 124 cm³/mol. The number of amides is 1. The van der Waals surface area contributed by atoms with E-state index in [1.54, 1.807) is 0 Å². The quantitative estimate of drug-likeness (QED) is 0.433. The summed E-state index contributed by atoms with van der Waals surface area (Å²) in [6, 6.07) is 17.3. The second-order valence-corrected chi connectivity index (χ2v) is 9.67. The average molecular weight is 458 g/mol. The summed E-state index contributed by atoms with van der Waals surface area (Å²) < 4.78 is 22.6. The molecule has 0 bridgehead atoms. The molecule has 1 heterocycles. The van der Waals surface area contributed by atoms with E-state index in [0.29, 0.717) is 13.1 Å². The Labute approximate surface area is 191 Å². The normalized spacial score (nSPS) is 22.8. The molecular formula is C24H31N3O4S. The molecule has 4 N–H and O–H groups in total. The lowest BCUT2D eigenvalue weighted by Gasteiger charge is -2.27. The molecule has 1 aliphatic heterocycles. The molecule has 2 aromatic carbocycles. The molecular weight excluding hydrogens is 426 g/mol. The summed E-state index contributed by atoms with van der Waals surface area (Å²) in [6.45, 7) is 3.96. The van der Waals surface area contributed by atoms with E-state index in [0.717, 1.165) is 42.5 Å². The van der Waals surface area contributed by atoms with Crippen molar-refractivity contribution in [1.82, 2.24) is 14.9 Å². The minimum atomic E-state index is -2.08. The third kappa shape index (κ3) is 5.27. The van der Waals surface area contributed by atoms with Gasteiger partial charge in [-0.1, -0.05) is 54.6 Å². The zero-order valence-corrected chi connectivity index (χ0v) is 19.1. The maximum atomic E-state index is 13.4. The molecule has 2 aromatic rings. The Balaban J connectivity index is 1.48. The first kappa shape index (κ1) is 23.1. The Kier molecular flexibility index (Phi) is 7.07. The molecule has 1 aliphatic carbocycles. The third-order valence-electron chi connectivity index (χ3n) is 6.62. The Hall–Kier alpha value is -2.10. The lowest BCUT2D eigenvalue weighted by molar-refractivity contribution is -0.124. The third-order valence-corrected chi connectivity index (χ3v) is 7.18. The zero-order chi connectivity index (χ0) is 22.7. The van der Waals surface area contributed by atoms with Crippen molar-refractivity contribution >= 4 is 17.2 Å². The number of aliphatic hydroxyl groups is 1. The van der Waals surface area contributed by atoms with Gasteiger partial charge in [0.2, 0.25) is 17.2 Å². The first-order valence-corrected chi connectivity index (χ1v) is 12.2. The van der Waals surface area contributed by atoms with Crippen LogP contribution in [0.2, 0.25) is 0 Å². The molecule has 0 radical (unpaired) electrons. The van der Waals surface area contributed by atoms with Gasteiger partial charge in [0, 0.05) is 25.7 Å². The van der Waals surface area contributed by atoms with Gasteiger partial charge in [0.1, 0.15) is 0 Å². The Morgan fingerprint density at radius 1 is 1.16 bits per heavy atom. The number of nitrogens with zero attached hydrogens (tertiary/aromatic N) is 1. The van der Waals surface area contributed by atoms with Crippen molar-refractivity contribution in [2.75, 3.05) is 19.6 Å². The number of aliphatic hydroxyl groups excluding tert-OH is 1. The highest BCUT2D eigenvalue weighted by Gasteiger charge is 2.51. The van der Waals surface area contributed by atoms with Crippen molar-refractivity contribution in [3.8, 4) is 0 Å². The fourth-order valence-corrected chi connectivity index (χ4v) is 4.97. The number of carbonyl (C=O) groups is 1. The molecule has 172 valence electrons. The van der Waals surface area contributed by atoms with Gasteiger partial charge < -0.3 is 10.4 Å². The Morgan fingerprint density at radius 2 is 1.84 bits per heavy atom. The second kappa shape index (κ2) is 9.80. The number of benzene rings is 2. The zero-order valence-electron chi connectivity index (χ0n) is 18.2. The lowest BCUT2D eigenvalue weighted by atomic mass is 9.92. The molecule has 2 fully saturated rings. The number of hydrogen-bond acceptors (Lipinski definition) is 4. The fourth-order valence-electron chi connectivity index (χ4n) is 4.53. The summed E-state index contributed by atoms with van der Waals surface area (Å²) in [5, 5.41) is 13.2. The molecule has 4 atom stereocenters. The lowest BCUT2D eigenvalue weighted by Crippen LogP contribution is -2.42. The first-order chi connectivity index (χ1) is 15.4. The minimum Gasteiger partial charge on any atom is -0.392 e. The van der Waals surface area contributed by atoms with E-state index in [4.69, 9.17) is 4.55 Å². The maximum Gasteiger partial charge on any atom is 0.232 e. The van der Waals surface area contributed by atoms with Gasteiger partial charge in [-0.05, 0) is 42.9 Å². The molecule has 2 aliphatic rings. The van der Waals surface area contributed by atoms with E-state index in [-0.39, 0.29) is 24.1 Å². The van der Waals surface area contributed by atoms with Crippen LogP contribution >= 0.6 is 0 Å². The molecule has 32 heavy (non-hydrogen) atoms. The van der Waals surface area contributed by atoms with Gasteiger partial charge in [-0.3, -0.25) is 14.2 Å². The highest BCUT2D eigenvalue weighted by molar-refractivity contribution is 7.77. The second-order valence-electron chi connectivity index (χ2n) is 8.93. The van der Waals surface area contributed by atoms with Gasteiger partial charge in [0.15, 0.2) is 0 Å². The molecule has 8 heteroatoms. The molecule has 2 unspecified atom stereocenters. The van der Waals surface area contributed by atoms with Crippen LogP contribution < -0.4 is 10.0 Å². The fraction of sp³-hybridized carbons (Fsp3) is 0.458. The topological polar surface area (TPSA) is 102 Å². The number of rotatable bonds is 9. The van der Waals surface area contributed by atoms with Crippen LogP contribution in [0.15, 0.2) is 54.6 Å². The predicted octanol–water partition coefficient (Wildman–Crippen LogP) is 2.43. The molecule has 1 amide bonds. The van der Waals surface area contributed by atoms with Crippen LogP contribution in [0.4, 0.5) is 0 Å². The molecule has 7 nitrogen and oxygen atoms in total. The highest BCUT2D eigenvalue weighted by atomic mass is 32.2. The number of hydrogen-bond donors (Lipinski definition) is 4. The van der Waals surface area contributed by atoms with E-state index >= 15 is 0 Å². The number of β-amino-alcohol motifs (C(OH)–C–C–N with tert-alkyl or cyclic N) is 1. The van der Waals surface area contributed by atoms with Crippen molar-refractivity contribution in [3.05, 3.63) is 71.3 Å². The van der Waals surface area contributed by atoms with Crippen LogP contribution in [0.25, 0.3) is 0 Å². The van der Waals surface area contributed by atoms with Gasteiger partial charge in [-0.2, -0.15) is 0 Å². The van der Waals surface area contributed by atoms with Crippen LogP contribution in [-0.4, -0.2) is 50.4 Å². The summed E-state index contributed by atoms with van der Waals surface area (Å²) >= 11 is -2.08. The van der Waals surface area contributed by atoms with Gasteiger partial charge in [-0.25, -0.2) is 8.93 Å². The number of nitrogens with one attached hydrogen (secondary N) is 2. The van der Waals surface area contributed by atoms with Gasteiger partial charge in [0.25, 0.3) is 0 Å². The van der Waals surface area contributed by atoms with Crippen LogP contribution in [0.1, 0.15) is 55.0 Å². The molecule has 1 saturated heterocycles. The van der Waals surface area contributed by atoms with Crippen LogP contribution in [0.3, 0.4) is 0 Å². The van der Waals surface area contributed by atoms with Crippen LogP contribution in [0.5, 0.6) is 0 Å². The average Bonchev–Trinajstić information content (AvgIpc) is 3.50. The number of likely N-dealkylation sites (tertiary alicyclic amines) is 1. The summed E-state index contributed by atoms with van der Waals surface area (Å²) in [7, 11) is 0. The van der Waals surface area contributed by atoms with E-state index < -0.39 is 16.7 Å². The number of carbonyl (C=O) groups excluding carboxylic acids is 1. The van der Waals surface area contributed by atoms with Crippen molar-refractivity contribution in [2.24, 2.45) is 0 Å². The summed E-state index contributed by atoms with van der Waals surface area (Å²) in [5.74, 6) is 0.0292. The van der Waals surface area contributed by atoms with Crippen molar-refractivity contribution in [1.29, 1.82) is 0 Å². The summed E-state index contributed by atoms with van der Waals surface area (Å²) in [5.41, 5.74) is 2.40. The van der Waals surface area contributed by atoms with Crippen LogP contribution in [-0.2, 0) is 21.5 Å². The summed E-state index contributed by atoms with van der Waals surface area (Å²) in [6.07, 6.45) is 2.08. The van der Waals surface area contributed by atoms with Gasteiger partial charge in [0.05, 0.1) is 17.6 Å². The first-order valence-electron chi connectivity index (χ1n) is 11.1. The molecule has 4 rings (SSSR count). The molecule has 1 saturated carbocycles. The largest absolute Gasteiger partial charge is 0.392 e. The monoisotopic (exact) mass is 457 g/mol. The molecule has 0 spiro atoms. The Bertz CT molecular complexity index is 949. The van der Waals surface area contributed by atoms with Gasteiger partial charge in [-0.15, -0.1) is 0 Å². The standard InChI is InChI=1S/C24H31N3O4S/c1-17(26-32(30)31)18-7-9-20(10-8-18)24(12-13-24)23(29)25-22(19-5-3-2-4-6-19)16-27-14-11-21(28)15-27/h2-10,17,21-22,26,28H,11-16H2,1H3,(H,25,29)(H,30,31)/t17?,21-,22+/m0/s1. The van der Waals surface area contributed by atoms with E-state index in [9.17, 15) is 14.1 Å². The van der Waals surface area contributed by atoms with E-state index in [2.05, 4.69) is 14.9 Å². The van der Waals surface area contributed by atoms with Crippen LogP contribution in [0, 0.1) is 0 Å². The van der Waals surface area contributed by atoms with Gasteiger partial charge >= 0.3 is 0 Å². The minimum absolute atomic E-state index is 0.0292. The molecule has 0 aromatic heterocycles. The SMILES string of the molecule is CC(NS(=O)O)c1ccc(C2(C(=O)N[C@H](CN3CC[C@H](O)C3)c3ccccc3)CC2)cc1. The van der Waals surface area contributed by atoms with Crippen molar-refractivity contribution in [2.45, 2.75) is 49.8 Å². The smallest absolute Gasteiger partial charge is 0.232 e. The maximum absolute atomic E-state index is 13.4. The van der Waals surface area contributed by atoms with E-state index in [1.165, 1.54) is 0 Å². The van der Waals surface area contributed by atoms with Crippen molar-refractivity contribution in [3.63, 3.8) is 0 Å². The highest BCUT2D eigenvalue weighted by Crippen LogP contribution is 2.49. The summed E-state index contributed by atoms with van der Waals surface area (Å²) in [4.78, 5) is 15.7.